The SMILES string of the molecule is c1ccc(-c2cc(-c3ccccc3)cc(N(c3ccccc3)c3ccc4c(c3)C3(c5ccccc5-4)c4ccccc4-c4c3ccc3c4oc4c3ccc3c4c4ccccc4n3-c3ccccc3)c2)cc1. The van der Waals surface area contributed by atoms with E-state index >= 15 is 0 Å². The zero-order valence-corrected chi connectivity index (χ0v) is 38.1. The summed E-state index contributed by atoms with van der Waals surface area (Å²) >= 11 is 0. The van der Waals surface area contributed by atoms with Crippen LogP contribution >= 0.6 is 0 Å². The van der Waals surface area contributed by atoms with Crippen LogP contribution in [-0.2, 0) is 5.41 Å². The van der Waals surface area contributed by atoms with Crippen molar-refractivity contribution in [2.75, 3.05) is 4.90 Å². The molecule has 0 saturated carbocycles. The summed E-state index contributed by atoms with van der Waals surface area (Å²) in [5, 5.41) is 4.57. The smallest absolute Gasteiger partial charge is 0.145 e. The lowest BCUT2D eigenvalue weighted by Gasteiger charge is -2.32. The number of fused-ring (bicyclic) bond motifs is 18. The molecule has 0 aliphatic heterocycles. The summed E-state index contributed by atoms with van der Waals surface area (Å²) in [4.78, 5) is 2.44. The van der Waals surface area contributed by atoms with Crippen LogP contribution in [0.4, 0.5) is 17.1 Å². The molecule has 326 valence electrons. The fourth-order valence-corrected chi connectivity index (χ4v) is 12.3. The van der Waals surface area contributed by atoms with Crippen LogP contribution < -0.4 is 4.90 Å². The zero-order chi connectivity index (χ0) is 45.9. The van der Waals surface area contributed by atoms with Gasteiger partial charge in [0.1, 0.15) is 11.2 Å². The first-order chi connectivity index (χ1) is 34.7. The first kappa shape index (κ1) is 38.9. The molecule has 2 heterocycles. The van der Waals surface area contributed by atoms with Crippen molar-refractivity contribution >= 4 is 60.8 Å². The molecule has 3 heteroatoms. The number of anilines is 3. The average molecular weight is 891 g/mol. The third kappa shape index (κ3) is 5.40. The minimum absolute atomic E-state index is 0.608. The fourth-order valence-electron chi connectivity index (χ4n) is 12.3. The second-order valence-electron chi connectivity index (χ2n) is 18.7. The Hall–Kier alpha value is -9.18. The van der Waals surface area contributed by atoms with E-state index in [9.17, 15) is 0 Å². The molecular formula is C67H42N2O. The van der Waals surface area contributed by atoms with Crippen molar-refractivity contribution in [3.8, 4) is 50.2 Å². The molecule has 2 aromatic heterocycles. The summed E-state index contributed by atoms with van der Waals surface area (Å²) in [6.45, 7) is 0. The summed E-state index contributed by atoms with van der Waals surface area (Å²) in [7, 11) is 0. The van der Waals surface area contributed by atoms with Gasteiger partial charge in [0.25, 0.3) is 0 Å². The molecule has 0 fully saturated rings. The van der Waals surface area contributed by atoms with Gasteiger partial charge in [-0.25, -0.2) is 0 Å². The highest BCUT2D eigenvalue weighted by molar-refractivity contribution is 6.25. The molecule has 1 unspecified atom stereocenters. The lowest BCUT2D eigenvalue weighted by molar-refractivity contribution is 0.673. The number of aromatic nitrogens is 1. The maximum atomic E-state index is 7.45. The predicted octanol–water partition coefficient (Wildman–Crippen LogP) is 17.8. The van der Waals surface area contributed by atoms with Gasteiger partial charge in [0.2, 0.25) is 0 Å². The molecule has 0 amide bonds. The highest BCUT2D eigenvalue weighted by atomic mass is 16.3. The maximum Gasteiger partial charge on any atom is 0.145 e. The van der Waals surface area contributed by atoms with Crippen LogP contribution in [0.1, 0.15) is 22.3 Å². The van der Waals surface area contributed by atoms with Crippen molar-refractivity contribution < 1.29 is 4.42 Å². The Labute approximate surface area is 405 Å². The molecule has 13 aromatic rings. The van der Waals surface area contributed by atoms with Crippen molar-refractivity contribution in [1.29, 1.82) is 0 Å². The van der Waals surface area contributed by atoms with E-state index in [0.29, 0.717) is 0 Å². The Morgan fingerprint density at radius 1 is 0.329 bits per heavy atom. The third-order valence-corrected chi connectivity index (χ3v) is 15.2. The van der Waals surface area contributed by atoms with Crippen molar-refractivity contribution in [2.24, 2.45) is 0 Å². The summed E-state index contributed by atoms with van der Waals surface area (Å²) in [6, 6.07) is 93.3. The lowest BCUT2D eigenvalue weighted by atomic mass is 9.70. The molecule has 0 N–H and O–H groups in total. The van der Waals surface area contributed by atoms with Gasteiger partial charge in [0, 0.05) is 44.5 Å². The quantitative estimate of drug-likeness (QED) is 0.166. The molecule has 2 aliphatic rings. The Morgan fingerprint density at radius 2 is 0.900 bits per heavy atom. The highest BCUT2D eigenvalue weighted by Crippen LogP contribution is 2.65. The van der Waals surface area contributed by atoms with Crippen LogP contribution in [0.5, 0.6) is 0 Å². The first-order valence-corrected chi connectivity index (χ1v) is 24.2. The van der Waals surface area contributed by atoms with Crippen LogP contribution in [-0.4, -0.2) is 4.57 Å². The van der Waals surface area contributed by atoms with Gasteiger partial charge in [-0.05, 0) is 134 Å². The van der Waals surface area contributed by atoms with Crippen molar-refractivity contribution in [2.45, 2.75) is 5.41 Å². The molecule has 3 nitrogen and oxygen atoms in total. The van der Waals surface area contributed by atoms with Gasteiger partial charge in [-0.3, -0.25) is 0 Å². The van der Waals surface area contributed by atoms with Crippen LogP contribution in [0.2, 0.25) is 0 Å². The summed E-state index contributed by atoms with van der Waals surface area (Å²) in [5.74, 6) is 0. The van der Waals surface area contributed by atoms with Crippen LogP contribution in [0.3, 0.4) is 0 Å². The van der Waals surface area contributed by atoms with Gasteiger partial charge < -0.3 is 13.9 Å². The molecule has 2 aliphatic carbocycles. The standard InChI is InChI=1S/C67H42N2O/c1-5-19-43(20-6-1)45-39-46(44-21-7-2-8-22-44)41-50(40-45)68(47-23-9-3-10-24-47)49-33-34-52-51-27-13-16-30-57(51)67(60(52)42-49)58-31-17-14-28-55(58)63-59(67)37-35-53-54-36-38-62-64(66(54)70-65(53)63)56-29-15-18-32-61(56)69(62)48-25-11-4-12-26-48/h1-42H. The van der Waals surface area contributed by atoms with E-state index in [1.165, 1.54) is 72.1 Å². The third-order valence-electron chi connectivity index (χ3n) is 15.2. The van der Waals surface area contributed by atoms with E-state index in [1.807, 2.05) is 0 Å². The van der Waals surface area contributed by atoms with E-state index in [4.69, 9.17) is 4.42 Å². The van der Waals surface area contributed by atoms with Crippen molar-refractivity contribution in [3.05, 3.63) is 277 Å². The van der Waals surface area contributed by atoms with Crippen LogP contribution in [0, 0.1) is 0 Å². The van der Waals surface area contributed by atoms with E-state index in [2.05, 4.69) is 264 Å². The molecule has 70 heavy (non-hydrogen) atoms. The van der Waals surface area contributed by atoms with Crippen molar-refractivity contribution in [3.63, 3.8) is 0 Å². The predicted molar refractivity (Wildman–Crippen MR) is 290 cm³/mol. The second kappa shape index (κ2) is 14.9. The first-order valence-electron chi connectivity index (χ1n) is 24.2. The number of rotatable bonds is 6. The summed E-state index contributed by atoms with van der Waals surface area (Å²) in [5.41, 5.74) is 22.6. The Kier molecular flexibility index (Phi) is 8.28. The van der Waals surface area contributed by atoms with Crippen molar-refractivity contribution in [1.82, 2.24) is 4.57 Å². The molecule has 0 saturated heterocycles. The van der Waals surface area contributed by atoms with E-state index in [0.717, 1.165) is 61.1 Å². The monoisotopic (exact) mass is 890 g/mol. The van der Waals surface area contributed by atoms with E-state index in [-0.39, 0.29) is 0 Å². The number of furan rings is 1. The molecule has 11 aromatic carbocycles. The van der Waals surface area contributed by atoms with Gasteiger partial charge in [-0.1, -0.05) is 182 Å². The zero-order valence-electron chi connectivity index (χ0n) is 38.1. The minimum Gasteiger partial charge on any atom is -0.455 e. The largest absolute Gasteiger partial charge is 0.455 e. The molecule has 0 radical (unpaired) electrons. The molecule has 1 atom stereocenters. The number of hydrogen-bond acceptors (Lipinski definition) is 2. The fraction of sp³-hybridized carbons (Fsp3) is 0.0149. The van der Waals surface area contributed by atoms with Gasteiger partial charge in [-0.2, -0.15) is 0 Å². The number of para-hydroxylation sites is 3. The van der Waals surface area contributed by atoms with Gasteiger partial charge in [0.15, 0.2) is 0 Å². The van der Waals surface area contributed by atoms with E-state index < -0.39 is 5.41 Å². The summed E-state index contributed by atoms with van der Waals surface area (Å²) in [6.07, 6.45) is 0. The Morgan fingerprint density at radius 3 is 1.63 bits per heavy atom. The molecular weight excluding hydrogens is 849 g/mol. The minimum atomic E-state index is -0.608. The Bertz CT molecular complexity index is 4170. The van der Waals surface area contributed by atoms with Gasteiger partial charge >= 0.3 is 0 Å². The van der Waals surface area contributed by atoms with Crippen LogP contribution in [0.15, 0.2) is 259 Å². The van der Waals surface area contributed by atoms with Gasteiger partial charge in [0.05, 0.1) is 21.8 Å². The topological polar surface area (TPSA) is 21.3 Å². The molecule has 1 spiro atoms. The maximum absolute atomic E-state index is 7.45. The number of nitrogens with zero attached hydrogens (tertiary/aromatic N) is 2. The Balaban J connectivity index is 0.992. The molecule has 0 bridgehead atoms. The van der Waals surface area contributed by atoms with Gasteiger partial charge in [-0.15, -0.1) is 0 Å². The highest BCUT2D eigenvalue weighted by Gasteiger charge is 2.52. The normalized spacial score (nSPS) is 14.3. The lowest BCUT2D eigenvalue weighted by Crippen LogP contribution is -2.26. The van der Waals surface area contributed by atoms with E-state index in [1.54, 1.807) is 0 Å². The number of hydrogen-bond donors (Lipinski definition) is 0. The van der Waals surface area contributed by atoms with Crippen LogP contribution in [0.25, 0.3) is 93.9 Å². The molecule has 15 rings (SSSR count). The second-order valence-corrected chi connectivity index (χ2v) is 18.7. The summed E-state index contributed by atoms with van der Waals surface area (Å²) < 4.78 is 9.82. The average Bonchev–Trinajstić information content (AvgIpc) is 4.16. The number of benzene rings is 11.